The van der Waals surface area contributed by atoms with Crippen LogP contribution in [-0.2, 0) is 19.4 Å². The molecule has 0 bridgehead atoms. The second-order valence-corrected chi connectivity index (χ2v) is 7.53. The van der Waals surface area contributed by atoms with Crippen molar-refractivity contribution in [2.75, 3.05) is 31.3 Å². The molecule has 2 heterocycles. The van der Waals surface area contributed by atoms with Crippen molar-refractivity contribution in [2.24, 2.45) is 11.8 Å². The van der Waals surface area contributed by atoms with Gasteiger partial charge in [-0.1, -0.05) is 0 Å². The van der Waals surface area contributed by atoms with Gasteiger partial charge in [0.2, 0.25) is 5.91 Å². The molecule has 2 saturated heterocycles. The SMILES string of the molecule is O=C(NCC1CCS(=O)(=O)CC1)C1CCOCC1. The number of sulfone groups is 1. The Labute approximate surface area is 108 Å². The Morgan fingerprint density at radius 2 is 1.72 bits per heavy atom. The number of ether oxygens (including phenoxy) is 1. The molecule has 0 unspecified atom stereocenters. The van der Waals surface area contributed by atoms with E-state index in [0.29, 0.717) is 38.5 Å². The molecular formula is C12H21NO4S. The molecule has 0 atom stereocenters. The number of hydrogen-bond acceptors (Lipinski definition) is 4. The van der Waals surface area contributed by atoms with E-state index in [1.54, 1.807) is 0 Å². The van der Waals surface area contributed by atoms with Crippen LogP contribution < -0.4 is 5.32 Å². The largest absolute Gasteiger partial charge is 0.381 e. The fourth-order valence-corrected chi connectivity index (χ4v) is 4.08. The van der Waals surface area contributed by atoms with E-state index in [1.807, 2.05) is 0 Å². The average Bonchev–Trinajstić information content (AvgIpc) is 2.38. The number of carbonyl (C=O) groups excluding carboxylic acids is 1. The summed E-state index contributed by atoms with van der Waals surface area (Å²) >= 11 is 0. The summed E-state index contributed by atoms with van der Waals surface area (Å²) in [5.41, 5.74) is 0. The summed E-state index contributed by atoms with van der Waals surface area (Å²) in [5.74, 6) is 1.03. The van der Waals surface area contributed by atoms with E-state index in [2.05, 4.69) is 5.32 Å². The third kappa shape index (κ3) is 3.95. The van der Waals surface area contributed by atoms with Crippen molar-refractivity contribution in [3.05, 3.63) is 0 Å². The molecule has 6 heteroatoms. The van der Waals surface area contributed by atoms with Crippen molar-refractivity contribution in [1.82, 2.24) is 5.32 Å². The summed E-state index contributed by atoms with van der Waals surface area (Å²) in [5, 5.41) is 2.96. The van der Waals surface area contributed by atoms with Gasteiger partial charge in [0.25, 0.3) is 0 Å². The van der Waals surface area contributed by atoms with Gasteiger partial charge < -0.3 is 10.1 Å². The maximum atomic E-state index is 11.9. The lowest BCUT2D eigenvalue weighted by molar-refractivity contribution is -0.128. The fraction of sp³-hybridized carbons (Fsp3) is 0.917. The van der Waals surface area contributed by atoms with Crippen LogP contribution in [-0.4, -0.2) is 45.6 Å². The van der Waals surface area contributed by atoms with Crippen molar-refractivity contribution in [3.63, 3.8) is 0 Å². The van der Waals surface area contributed by atoms with E-state index in [-0.39, 0.29) is 23.3 Å². The minimum absolute atomic E-state index is 0.0751. The summed E-state index contributed by atoms with van der Waals surface area (Å²) in [4.78, 5) is 11.9. The lowest BCUT2D eigenvalue weighted by Crippen LogP contribution is -2.38. The Bertz CT molecular complexity index is 373. The Morgan fingerprint density at radius 1 is 1.11 bits per heavy atom. The van der Waals surface area contributed by atoms with Gasteiger partial charge in [0, 0.05) is 25.7 Å². The van der Waals surface area contributed by atoms with Gasteiger partial charge in [-0.15, -0.1) is 0 Å². The van der Waals surface area contributed by atoms with E-state index >= 15 is 0 Å². The van der Waals surface area contributed by atoms with Crippen LogP contribution in [0.1, 0.15) is 25.7 Å². The molecule has 2 rings (SSSR count). The Hall–Kier alpha value is -0.620. The number of nitrogens with one attached hydrogen (secondary N) is 1. The molecule has 0 aliphatic carbocycles. The molecule has 1 amide bonds. The van der Waals surface area contributed by atoms with Gasteiger partial charge in [-0.25, -0.2) is 8.42 Å². The van der Waals surface area contributed by atoms with E-state index < -0.39 is 9.84 Å². The van der Waals surface area contributed by atoms with Gasteiger partial charge in [-0.2, -0.15) is 0 Å². The van der Waals surface area contributed by atoms with Crippen LogP contribution in [0.2, 0.25) is 0 Å². The zero-order valence-electron chi connectivity index (χ0n) is 10.6. The molecule has 104 valence electrons. The summed E-state index contributed by atoms with van der Waals surface area (Å²) in [6.45, 7) is 1.95. The predicted octanol–water partition coefficient (Wildman–Crippen LogP) is 0.354. The molecule has 5 nitrogen and oxygen atoms in total. The minimum atomic E-state index is -2.80. The number of rotatable bonds is 3. The standard InChI is InChI=1S/C12H21NO4S/c14-12(11-1-5-17-6-2-11)13-9-10-3-7-18(15,16)8-4-10/h10-11H,1-9H2,(H,13,14). The van der Waals surface area contributed by atoms with Gasteiger partial charge >= 0.3 is 0 Å². The van der Waals surface area contributed by atoms with Crippen LogP contribution in [0.15, 0.2) is 0 Å². The summed E-state index contributed by atoms with van der Waals surface area (Å²) in [6, 6.07) is 0. The minimum Gasteiger partial charge on any atom is -0.381 e. The second-order valence-electron chi connectivity index (χ2n) is 5.23. The summed E-state index contributed by atoms with van der Waals surface area (Å²) in [6.07, 6.45) is 2.95. The Balaban J connectivity index is 1.70. The van der Waals surface area contributed by atoms with Crippen molar-refractivity contribution in [1.29, 1.82) is 0 Å². The molecule has 0 aromatic heterocycles. The highest BCUT2D eigenvalue weighted by Gasteiger charge is 2.25. The van der Waals surface area contributed by atoms with Crippen LogP contribution in [0.4, 0.5) is 0 Å². The Morgan fingerprint density at radius 3 is 2.33 bits per heavy atom. The van der Waals surface area contributed by atoms with Crippen molar-refractivity contribution >= 4 is 15.7 Å². The monoisotopic (exact) mass is 275 g/mol. The molecule has 0 aromatic carbocycles. The summed E-state index contributed by atoms with van der Waals surface area (Å²) in [7, 11) is -2.80. The van der Waals surface area contributed by atoms with Crippen LogP contribution in [0.25, 0.3) is 0 Å². The third-order valence-corrected chi connectivity index (χ3v) is 5.55. The molecular weight excluding hydrogens is 254 g/mol. The summed E-state index contributed by atoms with van der Waals surface area (Å²) < 4.78 is 27.8. The highest BCUT2D eigenvalue weighted by atomic mass is 32.2. The topological polar surface area (TPSA) is 72.5 Å². The first kappa shape index (κ1) is 13.8. The van der Waals surface area contributed by atoms with Crippen LogP contribution >= 0.6 is 0 Å². The molecule has 0 aromatic rings. The Kier molecular flexibility index (Phi) is 4.61. The number of amides is 1. The zero-order chi connectivity index (χ0) is 13.0. The number of carbonyl (C=O) groups is 1. The van der Waals surface area contributed by atoms with Crippen LogP contribution in [0.3, 0.4) is 0 Å². The van der Waals surface area contributed by atoms with E-state index in [9.17, 15) is 13.2 Å². The lowest BCUT2D eigenvalue weighted by atomic mass is 9.98. The zero-order valence-corrected chi connectivity index (χ0v) is 11.4. The molecule has 1 N–H and O–H groups in total. The molecule has 2 fully saturated rings. The fourth-order valence-electron chi connectivity index (χ4n) is 2.49. The average molecular weight is 275 g/mol. The van der Waals surface area contributed by atoms with Gasteiger partial charge in [-0.05, 0) is 31.6 Å². The quantitative estimate of drug-likeness (QED) is 0.807. The van der Waals surface area contributed by atoms with E-state index in [0.717, 1.165) is 12.8 Å². The van der Waals surface area contributed by atoms with Crippen molar-refractivity contribution in [2.45, 2.75) is 25.7 Å². The van der Waals surface area contributed by atoms with Crippen LogP contribution in [0, 0.1) is 11.8 Å². The molecule has 2 aliphatic rings. The second kappa shape index (κ2) is 6.02. The first-order chi connectivity index (χ1) is 8.57. The molecule has 2 aliphatic heterocycles. The molecule has 0 spiro atoms. The predicted molar refractivity (Wildman–Crippen MR) is 67.9 cm³/mol. The highest BCUT2D eigenvalue weighted by Crippen LogP contribution is 2.19. The van der Waals surface area contributed by atoms with Gasteiger partial charge in [0.05, 0.1) is 11.5 Å². The lowest BCUT2D eigenvalue weighted by Gasteiger charge is -2.25. The first-order valence-corrected chi connectivity index (χ1v) is 8.45. The van der Waals surface area contributed by atoms with E-state index in [1.165, 1.54) is 0 Å². The van der Waals surface area contributed by atoms with Gasteiger partial charge in [0.1, 0.15) is 9.84 Å². The van der Waals surface area contributed by atoms with Gasteiger partial charge in [-0.3, -0.25) is 4.79 Å². The maximum Gasteiger partial charge on any atom is 0.223 e. The molecule has 18 heavy (non-hydrogen) atoms. The van der Waals surface area contributed by atoms with E-state index in [4.69, 9.17) is 4.74 Å². The maximum absolute atomic E-state index is 11.9. The number of hydrogen-bond donors (Lipinski definition) is 1. The normalized spacial score (nSPS) is 25.8. The van der Waals surface area contributed by atoms with Crippen molar-refractivity contribution in [3.8, 4) is 0 Å². The van der Waals surface area contributed by atoms with Crippen LogP contribution in [0.5, 0.6) is 0 Å². The van der Waals surface area contributed by atoms with Gasteiger partial charge in [0.15, 0.2) is 0 Å². The smallest absolute Gasteiger partial charge is 0.223 e. The molecule has 0 saturated carbocycles. The first-order valence-electron chi connectivity index (χ1n) is 6.63. The van der Waals surface area contributed by atoms with Crippen molar-refractivity contribution < 1.29 is 17.9 Å². The third-order valence-electron chi connectivity index (χ3n) is 3.83. The molecule has 0 radical (unpaired) electrons. The highest BCUT2D eigenvalue weighted by molar-refractivity contribution is 7.91.